The van der Waals surface area contributed by atoms with Gasteiger partial charge in [-0.05, 0) is 48.5 Å². The Morgan fingerprint density at radius 2 is 1.29 bits per heavy atom. The number of hydrogen-bond donors (Lipinski definition) is 2. The van der Waals surface area contributed by atoms with E-state index in [0.29, 0.717) is 13.8 Å². The van der Waals surface area contributed by atoms with E-state index in [1.165, 1.54) is 34.6 Å². The molecule has 238 valence electrons. The Labute approximate surface area is 234 Å². The molecule has 2 aliphatic rings. The maximum Gasteiger partial charge on any atom is 0.419 e. The lowest BCUT2D eigenvalue weighted by molar-refractivity contribution is -0.286. The number of halogens is 6. The Kier molecular flexibility index (Phi) is 10.00. The Hall–Kier alpha value is -1.94. The molecule has 2 bridgehead atoms. The van der Waals surface area contributed by atoms with Gasteiger partial charge in [-0.2, -0.15) is 26.3 Å². The van der Waals surface area contributed by atoms with Crippen molar-refractivity contribution in [2.75, 3.05) is 19.8 Å². The van der Waals surface area contributed by atoms with Crippen LogP contribution >= 0.6 is 0 Å². The van der Waals surface area contributed by atoms with Gasteiger partial charge in [0.1, 0.15) is 12.2 Å². The van der Waals surface area contributed by atoms with Crippen LogP contribution in [0.4, 0.5) is 26.3 Å². The normalized spacial score (nSPS) is 28.1. The van der Waals surface area contributed by atoms with Crippen molar-refractivity contribution in [3.05, 3.63) is 12.2 Å². The Bertz CT molecular complexity index is 987. The van der Waals surface area contributed by atoms with Gasteiger partial charge in [0.05, 0.1) is 30.5 Å². The Morgan fingerprint density at radius 3 is 1.71 bits per heavy atom. The maximum absolute atomic E-state index is 13.3. The van der Waals surface area contributed by atoms with Crippen molar-refractivity contribution in [3.8, 4) is 0 Å². The first kappa shape index (κ1) is 35.3. The zero-order chi connectivity index (χ0) is 32.0. The van der Waals surface area contributed by atoms with E-state index in [9.17, 15) is 46.1 Å². The highest BCUT2D eigenvalue weighted by Crippen LogP contribution is 2.55. The van der Waals surface area contributed by atoms with Crippen LogP contribution in [-0.2, 0) is 33.3 Å². The van der Waals surface area contributed by atoms with Crippen LogP contribution in [0.3, 0.4) is 0 Å². The molecule has 2 heterocycles. The average molecular weight is 609 g/mol. The molecular formula is C26H38F6O9. The van der Waals surface area contributed by atoms with E-state index in [0.717, 1.165) is 0 Å². The highest BCUT2D eigenvalue weighted by atomic mass is 19.4. The fourth-order valence-corrected chi connectivity index (χ4v) is 4.97. The second kappa shape index (κ2) is 11.6. The van der Waals surface area contributed by atoms with Crippen molar-refractivity contribution in [1.82, 2.24) is 0 Å². The van der Waals surface area contributed by atoms with Gasteiger partial charge in [0.2, 0.25) is 0 Å². The number of hydrogen-bond acceptors (Lipinski definition) is 9. The molecule has 0 aliphatic carbocycles. The largest absolute Gasteiger partial charge is 0.457 e. The maximum atomic E-state index is 13.3. The van der Waals surface area contributed by atoms with Gasteiger partial charge in [-0.25, -0.2) is 9.59 Å². The lowest BCUT2D eigenvalue weighted by Crippen LogP contribution is -2.59. The summed E-state index contributed by atoms with van der Waals surface area (Å²) in [4.78, 5) is 24.0. The molecule has 0 amide bonds. The van der Waals surface area contributed by atoms with Crippen molar-refractivity contribution in [2.45, 2.75) is 108 Å². The molecule has 2 fully saturated rings. The molecule has 7 unspecified atom stereocenters. The molecule has 0 radical (unpaired) electrons. The van der Waals surface area contributed by atoms with Crippen LogP contribution < -0.4 is 0 Å². The van der Waals surface area contributed by atoms with Gasteiger partial charge in [-0.3, -0.25) is 0 Å². The van der Waals surface area contributed by atoms with Gasteiger partial charge in [0.25, 0.3) is 0 Å². The molecule has 2 saturated heterocycles. The number of alkyl halides is 6. The number of aliphatic hydroxyl groups is 2. The SMILES string of the molecule is C=C(C)C(=O)OCC(=O)OC1CC2OC1C(C(C)(C)OCC(C)(O)C(F)(F)F)C2C(C)(C)OCC(C)(O)C(F)(F)F. The molecule has 2 N–H and O–H groups in total. The molecule has 7 atom stereocenters. The summed E-state index contributed by atoms with van der Waals surface area (Å²) in [5.41, 5.74) is -9.38. The summed E-state index contributed by atoms with van der Waals surface area (Å²) in [5, 5.41) is 19.8. The molecule has 15 heteroatoms. The van der Waals surface area contributed by atoms with E-state index in [-0.39, 0.29) is 12.0 Å². The topological polar surface area (TPSA) is 121 Å². The molecular weight excluding hydrogens is 570 g/mol. The monoisotopic (exact) mass is 608 g/mol. The third kappa shape index (κ3) is 7.92. The first-order valence-electron chi connectivity index (χ1n) is 12.8. The Balaban J connectivity index is 2.33. The molecule has 2 aliphatic heterocycles. The fourth-order valence-electron chi connectivity index (χ4n) is 4.97. The van der Waals surface area contributed by atoms with Gasteiger partial charge in [-0.1, -0.05) is 6.58 Å². The fraction of sp³-hybridized carbons (Fsp3) is 0.846. The number of fused-ring (bicyclic) bond motifs is 2. The zero-order valence-corrected chi connectivity index (χ0v) is 23.9. The molecule has 41 heavy (non-hydrogen) atoms. The third-order valence-electron chi connectivity index (χ3n) is 7.53. The zero-order valence-electron chi connectivity index (χ0n) is 23.9. The van der Waals surface area contributed by atoms with E-state index in [1.54, 1.807) is 0 Å². The summed E-state index contributed by atoms with van der Waals surface area (Å²) >= 11 is 0. The van der Waals surface area contributed by atoms with Gasteiger partial charge in [0.15, 0.2) is 17.8 Å². The number of ether oxygens (including phenoxy) is 5. The standard InChI is InChI=1S/C26H38F6O9/c1-13(2)20(34)37-10-16(33)40-15-9-14-17(21(3,4)38-11-23(7,35)25(27,28)29)18(19(15)41-14)22(5,6)39-12-24(8,36)26(30,31)32/h14-15,17-19,35-36H,1,9-12H2,2-8H3. The van der Waals surface area contributed by atoms with Gasteiger partial charge < -0.3 is 33.9 Å². The van der Waals surface area contributed by atoms with Crippen LogP contribution in [0.5, 0.6) is 0 Å². The van der Waals surface area contributed by atoms with Gasteiger partial charge in [-0.15, -0.1) is 0 Å². The van der Waals surface area contributed by atoms with E-state index < -0.39 is 96.7 Å². The summed E-state index contributed by atoms with van der Waals surface area (Å²) < 4.78 is 107. The van der Waals surface area contributed by atoms with Crippen molar-refractivity contribution >= 4 is 11.9 Å². The predicted octanol–water partition coefficient (Wildman–Crippen LogP) is 3.64. The van der Waals surface area contributed by atoms with Crippen molar-refractivity contribution in [3.63, 3.8) is 0 Å². The second-order valence-electron chi connectivity index (χ2n) is 12.1. The number of carbonyl (C=O) groups is 2. The molecule has 9 nitrogen and oxygen atoms in total. The summed E-state index contributed by atoms with van der Waals surface area (Å²) in [5.74, 6) is -3.53. The minimum Gasteiger partial charge on any atom is -0.457 e. The van der Waals surface area contributed by atoms with E-state index >= 15 is 0 Å². The summed E-state index contributed by atoms with van der Waals surface area (Å²) in [6.45, 7) is 8.47. The van der Waals surface area contributed by atoms with Gasteiger partial charge in [0, 0.05) is 23.8 Å². The molecule has 0 spiro atoms. The molecule has 0 aromatic carbocycles. The number of carbonyl (C=O) groups excluding carboxylic acids is 2. The van der Waals surface area contributed by atoms with Crippen LogP contribution in [0, 0.1) is 11.8 Å². The second-order valence-corrected chi connectivity index (χ2v) is 12.1. The minimum absolute atomic E-state index is 0.0457. The lowest BCUT2D eigenvalue weighted by atomic mass is 9.64. The highest BCUT2D eigenvalue weighted by molar-refractivity contribution is 5.88. The minimum atomic E-state index is -5.03. The summed E-state index contributed by atoms with van der Waals surface area (Å²) in [6.07, 6.45) is -12.8. The van der Waals surface area contributed by atoms with E-state index in [2.05, 4.69) is 6.58 Å². The molecule has 0 aromatic heterocycles. The highest BCUT2D eigenvalue weighted by Gasteiger charge is 2.65. The first-order valence-corrected chi connectivity index (χ1v) is 12.8. The lowest BCUT2D eigenvalue weighted by Gasteiger charge is -2.48. The third-order valence-corrected chi connectivity index (χ3v) is 7.53. The summed E-state index contributed by atoms with van der Waals surface area (Å²) in [7, 11) is 0. The van der Waals surface area contributed by atoms with E-state index in [1.807, 2.05) is 0 Å². The smallest absolute Gasteiger partial charge is 0.419 e. The van der Waals surface area contributed by atoms with Gasteiger partial charge >= 0.3 is 24.3 Å². The number of esters is 2. The molecule has 0 aromatic rings. The quantitative estimate of drug-likeness (QED) is 0.194. The first-order chi connectivity index (χ1) is 18.2. The molecule has 0 saturated carbocycles. The van der Waals surface area contributed by atoms with E-state index in [4.69, 9.17) is 23.7 Å². The predicted molar refractivity (Wildman–Crippen MR) is 129 cm³/mol. The van der Waals surface area contributed by atoms with Crippen molar-refractivity contribution < 1.29 is 69.8 Å². The van der Waals surface area contributed by atoms with Crippen LogP contribution in [0.1, 0.15) is 54.9 Å². The average Bonchev–Trinajstić information content (AvgIpc) is 3.37. The van der Waals surface area contributed by atoms with Crippen LogP contribution in [-0.4, -0.2) is 95.0 Å². The number of rotatable bonds is 12. The summed E-state index contributed by atoms with van der Waals surface area (Å²) in [6, 6.07) is 0. The molecule has 2 rings (SSSR count). The van der Waals surface area contributed by atoms with Crippen LogP contribution in [0.2, 0.25) is 0 Å². The van der Waals surface area contributed by atoms with Crippen molar-refractivity contribution in [1.29, 1.82) is 0 Å². The van der Waals surface area contributed by atoms with Crippen LogP contribution in [0.15, 0.2) is 12.2 Å². The van der Waals surface area contributed by atoms with Crippen molar-refractivity contribution in [2.24, 2.45) is 11.8 Å². The Morgan fingerprint density at radius 1 is 0.854 bits per heavy atom. The van der Waals surface area contributed by atoms with Crippen LogP contribution in [0.25, 0.3) is 0 Å².